The molecule has 28 heavy (non-hydrogen) atoms. The maximum Gasteiger partial charge on any atom is 0.262 e. The number of aryl methyl sites for hydroxylation is 1. The van der Waals surface area contributed by atoms with Gasteiger partial charge >= 0.3 is 0 Å². The summed E-state index contributed by atoms with van der Waals surface area (Å²) >= 11 is 0. The normalized spacial score (nSPS) is 10.8. The first-order chi connectivity index (χ1) is 13.6. The second-order valence-corrected chi connectivity index (χ2v) is 6.60. The van der Waals surface area contributed by atoms with Gasteiger partial charge in [-0.25, -0.2) is 4.98 Å². The molecule has 140 valence electrons. The zero-order valence-corrected chi connectivity index (χ0v) is 15.7. The standard InChI is InChI=1S/C23H20N2O3/c1-15-6-5-9-20(16(15)2)27-14-22(26)24-18-12-10-17(11-13-18)23-25-19-7-3-4-8-21(19)28-23/h3-13H,14H2,1-2H3,(H,24,26). The van der Waals surface area contributed by atoms with Crippen molar-refractivity contribution in [1.82, 2.24) is 4.98 Å². The van der Waals surface area contributed by atoms with Gasteiger partial charge in [-0.15, -0.1) is 0 Å². The maximum absolute atomic E-state index is 12.2. The monoisotopic (exact) mass is 372 g/mol. The van der Waals surface area contributed by atoms with Crippen molar-refractivity contribution in [2.45, 2.75) is 13.8 Å². The predicted molar refractivity (Wildman–Crippen MR) is 109 cm³/mol. The molecule has 0 aliphatic heterocycles. The molecule has 0 bridgehead atoms. The fourth-order valence-corrected chi connectivity index (χ4v) is 2.91. The molecule has 3 aromatic carbocycles. The maximum atomic E-state index is 12.2. The quantitative estimate of drug-likeness (QED) is 0.527. The number of aromatic nitrogens is 1. The van der Waals surface area contributed by atoms with Gasteiger partial charge in [0.2, 0.25) is 5.89 Å². The van der Waals surface area contributed by atoms with Gasteiger partial charge < -0.3 is 14.5 Å². The van der Waals surface area contributed by atoms with E-state index in [0.29, 0.717) is 11.6 Å². The average molecular weight is 372 g/mol. The predicted octanol–water partition coefficient (Wildman–Crippen LogP) is 5.13. The van der Waals surface area contributed by atoms with Crippen LogP contribution in [0.5, 0.6) is 5.75 Å². The Labute approximate surface area is 163 Å². The van der Waals surface area contributed by atoms with Crippen LogP contribution in [0.3, 0.4) is 0 Å². The van der Waals surface area contributed by atoms with Crippen LogP contribution in [-0.2, 0) is 4.79 Å². The van der Waals surface area contributed by atoms with Crippen LogP contribution in [0.25, 0.3) is 22.6 Å². The Bertz CT molecular complexity index is 1100. The van der Waals surface area contributed by atoms with Crippen molar-refractivity contribution in [3.05, 3.63) is 77.9 Å². The largest absolute Gasteiger partial charge is 0.483 e. The van der Waals surface area contributed by atoms with Crippen LogP contribution >= 0.6 is 0 Å². The van der Waals surface area contributed by atoms with Gasteiger partial charge in [0.05, 0.1) is 0 Å². The highest BCUT2D eigenvalue weighted by atomic mass is 16.5. The first-order valence-corrected chi connectivity index (χ1v) is 9.05. The zero-order valence-electron chi connectivity index (χ0n) is 15.7. The molecule has 4 rings (SSSR count). The topological polar surface area (TPSA) is 64.4 Å². The summed E-state index contributed by atoms with van der Waals surface area (Å²) in [7, 11) is 0. The second-order valence-electron chi connectivity index (χ2n) is 6.60. The Morgan fingerprint density at radius 3 is 2.57 bits per heavy atom. The molecule has 1 N–H and O–H groups in total. The first-order valence-electron chi connectivity index (χ1n) is 9.05. The SMILES string of the molecule is Cc1cccc(OCC(=O)Nc2ccc(-c3nc4ccccc4o3)cc2)c1C. The molecule has 0 aliphatic carbocycles. The molecule has 1 heterocycles. The van der Waals surface area contributed by atoms with Crippen LogP contribution in [0.4, 0.5) is 5.69 Å². The van der Waals surface area contributed by atoms with E-state index in [1.54, 1.807) is 0 Å². The summed E-state index contributed by atoms with van der Waals surface area (Å²) in [6, 6.07) is 20.8. The molecule has 5 heteroatoms. The number of para-hydroxylation sites is 2. The van der Waals surface area contributed by atoms with Crippen molar-refractivity contribution in [2.75, 3.05) is 11.9 Å². The van der Waals surface area contributed by atoms with Crippen LogP contribution in [0.15, 0.2) is 71.1 Å². The molecular weight excluding hydrogens is 352 g/mol. The third kappa shape index (κ3) is 3.74. The highest BCUT2D eigenvalue weighted by Gasteiger charge is 2.09. The lowest BCUT2D eigenvalue weighted by molar-refractivity contribution is -0.118. The Kier molecular flexibility index (Phi) is 4.81. The molecule has 0 saturated heterocycles. The summed E-state index contributed by atoms with van der Waals surface area (Å²) in [6.07, 6.45) is 0. The number of nitrogens with one attached hydrogen (secondary N) is 1. The summed E-state index contributed by atoms with van der Waals surface area (Å²) in [5.41, 5.74) is 5.28. The van der Waals surface area contributed by atoms with Gasteiger partial charge in [-0.05, 0) is 67.4 Å². The lowest BCUT2D eigenvalue weighted by Crippen LogP contribution is -2.20. The fourth-order valence-electron chi connectivity index (χ4n) is 2.91. The molecular formula is C23H20N2O3. The van der Waals surface area contributed by atoms with Crippen LogP contribution in [0.2, 0.25) is 0 Å². The summed E-state index contributed by atoms with van der Waals surface area (Å²) in [5.74, 6) is 1.06. The minimum Gasteiger partial charge on any atom is -0.483 e. The molecule has 0 fully saturated rings. The molecule has 0 radical (unpaired) electrons. The van der Waals surface area contributed by atoms with Gasteiger partial charge in [0.25, 0.3) is 5.91 Å². The van der Waals surface area contributed by atoms with E-state index in [0.717, 1.165) is 33.5 Å². The van der Waals surface area contributed by atoms with Crippen molar-refractivity contribution >= 4 is 22.7 Å². The number of amides is 1. The molecule has 4 aromatic rings. The molecule has 0 unspecified atom stereocenters. The number of benzene rings is 3. The molecule has 5 nitrogen and oxygen atoms in total. The van der Waals surface area contributed by atoms with E-state index in [1.807, 2.05) is 80.6 Å². The Balaban J connectivity index is 1.40. The van der Waals surface area contributed by atoms with Crippen LogP contribution in [0.1, 0.15) is 11.1 Å². The van der Waals surface area contributed by atoms with Gasteiger partial charge in [0.1, 0.15) is 11.3 Å². The highest BCUT2D eigenvalue weighted by Crippen LogP contribution is 2.25. The van der Waals surface area contributed by atoms with Gasteiger partial charge in [-0.2, -0.15) is 0 Å². The van der Waals surface area contributed by atoms with E-state index in [9.17, 15) is 4.79 Å². The Morgan fingerprint density at radius 1 is 1.00 bits per heavy atom. The van der Waals surface area contributed by atoms with E-state index < -0.39 is 0 Å². The summed E-state index contributed by atoms with van der Waals surface area (Å²) < 4.78 is 11.4. The number of oxazole rings is 1. The first kappa shape index (κ1) is 17.8. The van der Waals surface area contributed by atoms with Crippen molar-refractivity contribution < 1.29 is 13.9 Å². The minimum atomic E-state index is -0.212. The van der Waals surface area contributed by atoms with E-state index in [-0.39, 0.29) is 12.5 Å². The van der Waals surface area contributed by atoms with Crippen molar-refractivity contribution in [2.24, 2.45) is 0 Å². The van der Waals surface area contributed by atoms with Gasteiger partial charge in [-0.3, -0.25) is 4.79 Å². The number of hydrogen-bond acceptors (Lipinski definition) is 4. The lowest BCUT2D eigenvalue weighted by atomic mass is 10.1. The number of anilines is 1. The summed E-state index contributed by atoms with van der Waals surface area (Å²) in [5, 5.41) is 2.84. The molecule has 1 aromatic heterocycles. The van der Waals surface area contributed by atoms with Gasteiger partial charge in [-0.1, -0.05) is 24.3 Å². The molecule has 0 atom stereocenters. The van der Waals surface area contributed by atoms with E-state index in [1.165, 1.54) is 0 Å². The number of carbonyl (C=O) groups excluding carboxylic acids is 1. The van der Waals surface area contributed by atoms with E-state index in [2.05, 4.69) is 10.3 Å². The number of hydrogen-bond donors (Lipinski definition) is 1. The lowest BCUT2D eigenvalue weighted by Gasteiger charge is -2.11. The minimum absolute atomic E-state index is 0.0445. The van der Waals surface area contributed by atoms with Gasteiger partial charge in [0.15, 0.2) is 12.2 Å². The highest BCUT2D eigenvalue weighted by molar-refractivity contribution is 5.92. The van der Waals surface area contributed by atoms with Crippen LogP contribution < -0.4 is 10.1 Å². The van der Waals surface area contributed by atoms with E-state index in [4.69, 9.17) is 9.15 Å². The number of ether oxygens (including phenoxy) is 1. The third-order valence-corrected chi connectivity index (χ3v) is 4.62. The average Bonchev–Trinajstić information content (AvgIpc) is 3.14. The van der Waals surface area contributed by atoms with Crippen molar-refractivity contribution in [1.29, 1.82) is 0 Å². The molecule has 1 amide bonds. The molecule has 0 aliphatic rings. The molecule has 0 spiro atoms. The van der Waals surface area contributed by atoms with Crippen molar-refractivity contribution in [3.63, 3.8) is 0 Å². The molecule has 0 saturated carbocycles. The Hall–Kier alpha value is -3.60. The van der Waals surface area contributed by atoms with Crippen molar-refractivity contribution in [3.8, 4) is 17.2 Å². The van der Waals surface area contributed by atoms with Gasteiger partial charge in [0, 0.05) is 11.3 Å². The number of rotatable bonds is 5. The fraction of sp³-hybridized carbons (Fsp3) is 0.130. The number of fused-ring (bicyclic) bond motifs is 1. The zero-order chi connectivity index (χ0) is 19.5. The summed E-state index contributed by atoms with van der Waals surface area (Å²) in [6.45, 7) is 3.95. The summed E-state index contributed by atoms with van der Waals surface area (Å²) in [4.78, 5) is 16.7. The Morgan fingerprint density at radius 2 is 1.79 bits per heavy atom. The number of carbonyl (C=O) groups is 1. The van der Waals surface area contributed by atoms with Crippen LogP contribution in [0, 0.1) is 13.8 Å². The number of nitrogens with zero attached hydrogens (tertiary/aromatic N) is 1. The second kappa shape index (κ2) is 7.56. The van der Waals surface area contributed by atoms with E-state index >= 15 is 0 Å². The smallest absolute Gasteiger partial charge is 0.262 e. The van der Waals surface area contributed by atoms with Crippen LogP contribution in [-0.4, -0.2) is 17.5 Å². The third-order valence-electron chi connectivity index (χ3n) is 4.62.